The summed E-state index contributed by atoms with van der Waals surface area (Å²) in [7, 11) is 0. The Morgan fingerprint density at radius 1 is 1.27 bits per heavy atom. The van der Waals surface area contributed by atoms with Crippen LogP contribution in [-0.2, 0) is 20.9 Å². The number of para-hydroxylation sites is 2. The van der Waals surface area contributed by atoms with E-state index in [0.29, 0.717) is 38.0 Å². The van der Waals surface area contributed by atoms with Crippen LogP contribution in [0.4, 0.5) is 0 Å². The smallest absolute Gasteiger partial charge is 0.242 e. The molecule has 3 rings (SSSR count). The predicted molar refractivity (Wildman–Crippen MR) is 101 cm³/mol. The molecule has 1 aliphatic rings. The highest BCUT2D eigenvalue weighted by atomic mass is 32.2. The quantitative estimate of drug-likeness (QED) is 0.742. The maximum atomic E-state index is 12.7. The molecule has 8 heteroatoms. The van der Waals surface area contributed by atoms with Crippen LogP contribution in [0.15, 0.2) is 29.4 Å². The predicted octanol–water partition coefficient (Wildman–Crippen LogP) is 1.51. The molecule has 1 aliphatic heterocycles. The van der Waals surface area contributed by atoms with Gasteiger partial charge in [0.1, 0.15) is 6.54 Å². The van der Waals surface area contributed by atoms with Crippen LogP contribution < -0.4 is 5.32 Å². The fraction of sp³-hybridized carbons (Fsp3) is 0.500. The molecule has 1 N–H and O–H groups in total. The van der Waals surface area contributed by atoms with E-state index in [4.69, 9.17) is 4.74 Å². The van der Waals surface area contributed by atoms with Gasteiger partial charge in [-0.25, -0.2) is 4.98 Å². The lowest BCUT2D eigenvalue weighted by Crippen LogP contribution is -2.42. The SMILES string of the molecule is CCCNC(=O)CSc1nc2ccccc2n1CC(=O)N1CCOCC1. The molecular formula is C18H24N4O3S. The number of benzene rings is 1. The molecule has 0 saturated carbocycles. The Kier molecular flexibility index (Phi) is 6.51. The van der Waals surface area contributed by atoms with Crippen molar-refractivity contribution in [3.8, 4) is 0 Å². The first-order chi connectivity index (χ1) is 12.7. The molecule has 0 aliphatic carbocycles. The molecule has 1 fully saturated rings. The molecule has 0 unspecified atom stereocenters. The van der Waals surface area contributed by atoms with Crippen molar-refractivity contribution >= 4 is 34.6 Å². The molecule has 2 aromatic rings. The van der Waals surface area contributed by atoms with E-state index >= 15 is 0 Å². The van der Waals surface area contributed by atoms with Gasteiger partial charge in [-0.1, -0.05) is 30.8 Å². The molecule has 0 radical (unpaired) electrons. The molecule has 2 heterocycles. The number of carbonyl (C=O) groups is 2. The van der Waals surface area contributed by atoms with Crippen LogP contribution in [0.1, 0.15) is 13.3 Å². The number of amides is 2. The van der Waals surface area contributed by atoms with Crippen LogP contribution >= 0.6 is 11.8 Å². The third kappa shape index (κ3) is 4.56. The Balaban J connectivity index is 1.75. The number of thioether (sulfide) groups is 1. The Labute approximate surface area is 157 Å². The van der Waals surface area contributed by atoms with E-state index in [9.17, 15) is 9.59 Å². The zero-order valence-corrected chi connectivity index (χ0v) is 15.8. The Bertz CT molecular complexity index is 771. The topological polar surface area (TPSA) is 76.5 Å². The average Bonchev–Trinajstić information content (AvgIpc) is 3.03. The number of fused-ring (bicyclic) bond motifs is 1. The second kappa shape index (κ2) is 9.05. The molecule has 0 spiro atoms. The van der Waals surface area contributed by atoms with Crippen molar-refractivity contribution in [1.82, 2.24) is 19.8 Å². The summed E-state index contributed by atoms with van der Waals surface area (Å²) in [5.41, 5.74) is 1.74. The lowest BCUT2D eigenvalue weighted by Gasteiger charge is -2.27. The third-order valence-electron chi connectivity index (χ3n) is 4.18. The Hall–Kier alpha value is -2.06. The largest absolute Gasteiger partial charge is 0.378 e. The standard InChI is InChI=1S/C18H24N4O3S/c1-2-7-19-16(23)13-26-18-20-14-5-3-4-6-15(14)22(18)12-17(24)21-8-10-25-11-9-21/h3-6H,2,7-13H2,1H3,(H,19,23). The summed E-state index contributed by atoms with van der Waals surface area (Å²) in [5.74, 6) is 0.318. The molecule has 2 amide bonds. The van der Waals surface area contributed by atoms with Crippen LogP contribution in [0.5, 0.6) is 0 Å². The van der Waals surface area contributed by atoms with E-state index in [1.807, 2.05) is 40.7 Å². The van der Waals surface area contributed by atoms with Crippen molar-refractivity contribution in [2.45, 2.75) is 25.0 Å². The summed E-state index contributed by atoms with van der Waals surface area (Å²) in [6, 6.07) is 7.73. The number of hydrogen-bond donors (Lipinski definition) is 1. The molecule has 26 heavy (non-hydrogen) atoms. The van der Waals surface area contributed by atoms with Crippen molar-refractivity contribution in [3.63, 3.8) is 0 Å². The zero-order valence-electron chi connectivity index (χ0n) is 14.9. The molecule has 1 aromatic carbocycles. The summed E-state index contributed by atoms with van der Waals surface area (Å²) < 4.78 is 7.22. The van der Waals surface area contributed by atoms with Crippen LogP contribution in [0.3, 0.4) is 0 Å². The first-order valence-electron chi connectivity index (χ1n) is 8.89. The van der Waals surface area contributed by atoms with Gasteiger partial charge in [-0.05, 0) is 18.6 Å². The van der Waals surface area contributed by atoms with Crippen molar-refractivity contribution in [3.05, 3.63) is 24.3 Å². The van der Waals surface area contributed by atoms with E-state index < -0.39 is 0 Å². The number of ether oxygens (including phenoxy) is 1. The number of nitrogens with one attached hydrogen (secondary N) is 1. The van der Waals surface area contributed by atoms with Crippen LogP contribution in [0.2, 0.25) is 0 Å². The van der Waals surface area contributed by atoms with E-state index in [1.54, 1.807) is 0 Å². The van der Waals surface area contributed by atoms with Gasteiger partial charge in [-0.3, -0.25) is 9.59 Å². The number of rotatable bonds is 7. The highest BCUT2D eigenvalue weighted by molar-refractivity contribution is 7.99. The number of morpholine rings is 1. The third-order valence-corrected chi connectivity index (χ3v) is 5.16. The minimum absolute atomic E-state index is 0.0186. The average molecular weight is 376 g/mol. The molecule has 140 valence electrons. The first kappa shape index (κ1) is 18.7. The van der Waals surface area contributed by atoms with Crippen LogP contribution in [-0.4, -0.2) is 64.9 Å². The highest BCUT2D eigenvalue weighted by Crippen LogP contribution is 2.24. The Morgan fingerprint density at radius 3 is 2.81 bits per heavy atom. The van der Waals surface area contributed by atoms with Crippen molar-refractivity contribution in [2.24, 2.45) is 0 Å². The highest BCUT2D eigenvalue weighted by Gasteiger charge is 2.20. The van der Waals surface area contributed by atoms with Gasteiger partial charge in [0, 0.05) is 19.6 Å². The maximum absolute atomic E-state index is 12.7. The maximum Gasteiger partial charge on any atom is 0.242 e. The summed E-state index contributed by atoms with van der Waals surface area (Å²) in [4.78, 5) is 31.0. The van der Waals surface area contributed by atoms with Gasteiger partial charge in [-0.15, -0.1) is 0 Å². The molecule has 0 atom stereocenters. The number of aromatic nitrogens is 2. The lowest BCUT2D eigenvalue weighted by atomic mass is 10.3. The summed E-state index contributed by atoms with van der Waals surface area (Å²) in [5, 5.41) is 3.56. The lowest BCUT2D eigenvalue weighted by molar-refractivity contribution is -0.135. The number of hydrogen-bond acceptors (Lipinski definition) is 5. The van der Waals surface area contributed by atoms with Gasteiger partial charge in [0.2, 0.25) is 11.8 Å². The van der Waals surface area contributed by atoms with E-state index in [0.717, 1.165) is 17.5 Å². The molecule has 1 aromatic heterocycles. The van der Waals surface area contributed by atoms with E-state index in [1.165, 1.54) is 11.8 Å². The monoisotopic (exact) mass is 376 g/mol. The van der Waals surface area contributed by atoms with Gasteiger partial charge in [-0.2, -0.15) is 0 Å². The van der Waals surface area contributed by atoms with Crippen molar-refractivity contribution in [1.29, 1.82) is 0 Å². The van der Waals surface area contributed by atoms with E-state index in [2.05, 4.69) is 10.3 Å². The second-order valence-corrected chi connectivity index (χ2v) is 7.04. The van der Waals surface area contributed by atoms with Gasteiger partial charge in [0.05, 0.1) is 30.0 Å². The van der Waals surface area contributed by atoms with Crippen LogP contribution in [0, 0.1) is 0 Å². The molecular weight excluding hydrogens is 352 g/mol. The first-order valence-corrected chi connectivity index (χ1v) is 9.88. The number of carbonyl (C=O) groups excluding carboxylic acids is 2. The number of imidazole rings is 1. The van der Waals surface area contributed by atoms with Gasteiger partial charge >= 0.3 is 0 Å². The summed E-state index contributed by atoms with van der Waals surface area (Å²) in [6.45, 7) is 5.31. The zero-order chi connectivity index (χ0) is 18.4. The van der Waals surface area contributed by atoms with Crippen molar-refractivity contribution < 1.29 is 14.3 Å². The second-order valence-electron chi connectivity index (χ2n) is 6.10. The summed E-state index contributed by atoms with van der Waals surface area (Å²) >= 11 is 1.36. The van der Waals surface area contributed by atoms with Crippen molar-refractivity contribution in [2.75, 3.05) is 38.6 Å². The fourth-order valence-electron chi connectivity index (χ4n) is 2.81. The Morgan fingerprint density at radius 2 is 2.04 bits per heavy atom. The molecule has 7 nitrogen and oxygen atoms in total. The van der Waals surface area contributed by atoms with Gasteiger partial charge in [0.15, 0.2) is 5.16 Å². The van der Waals surface area contributed by atoms with Gasteiger partial charge < -0.3 is 19.5 Å². The normalized spacial score (nSPS) is 14.6. The van der Waals surface area contributed by atoms with E-state index in [-0.39, 0.29) is 24.1 Å². The minimum Gasteiger partial charge on any atom is -0.378 e. The fourth-order valence-corrected chi connectivity index (χ4v) is 3.65. The minimum atomic E-state index is -0.0186. The van der Waals surface area contributed by atoms with Crippen LogP contribution in [0.25, 0.3) is 11.0 Å². The van der Waals surface area contributed by atoms with Gasteiger partial charge in [0.25, 0.3) is 0 Å². The molecule has 0 bridgehead atoms. The molecule has 1 saturated heterocycles. The number of nitrogens with zero attached hydrogens (tertiary/aromatic N) is 3. The summed E-state index contributed by atoms with van der Waals surface area (Å²) in [6.07, 6.45) is 0.906.